The van der Waals surface area contributed by atoms with Crippen molar-refractivity contribution in [2.45, 2.75) is 104 Å². The SMILES string of the molecule is CCCCCCC1Oc2c(C(=O)OCC)sc(C(=O)OCC)c2OC1CCCCCC. The van der Waals surface area contributed by atoms with Crippen molar-refractivity contribution in [1.82, 2.24) is 0 Å². The van der Waals surface area contributed by atoms with Crippen molar-refractivity contribution in [1.29, 1.82) is 0 Å². The minimum atomic E-state index is -0.492. The van der Waals surface area contributed by atoms with E-state index < -0.39 is 11.9 Å². The molecule has 2 rings (SSSR count). The van der Waals surface area contributed by atoms with Crippen LogP contribution in [-0.4, -0.2) is 37.4 Å². The summed E-state index contributed by atoms with van der Waals surface area (Å²) in [6.45, 7) is 8.39. The summed E-state index contributed by atoms with van der Waals surface area (Å²) in [6.07, 6.45) is 10.6. The molecule has 0 spiro atoms. The number of carbonyl (C=O) groups excluding carboxylic acids is 2. The number of thiophene rings is 1. The molecule has 1 aliphatic heterocycles. The minimum absolute atomic E-state index is 0.135. The van der Waals surface area contributed by atoms with E-state index in [0.717, 1.165) is 49.9 Å². The van der Waals surface area contributed by atoms with E-state index in [1.165, 1.54) is 25.7 Å². The van der Waals surface area contributed by atoms with Crippen LogP contribution in [0.15, 0.2) is 0 Å². The van der Waals surface area contributed by atoms with Crippen molar-refractivity contribution in [3.05, 3.63) is 9.75 Å². The van der Waals surface area contributed by atoms with E-state index in [-0.39, 0.29) is 35.2 Å². The van der Waals surface area contributed by atoms with Crippen LogP contribution in [0, 0.1) is 0 Å². The van der Waals surface area contributed by atoms with E-state index in [9.17, 15) is 9.59 Å². The third kappa shape index (κ3) is 7.13. The highest BCUT2D eigenvalue weighted by Gasteiger charge is 2.39. The first-order chi connectivity index (χ1) is 15.1. The van der Waals surface area contributed by atoms with Crippen molar-refractivity contribution in [2.75, 3.05) is 13.2 Å². The van der Waals surface area contributed by atoms with E-state index in [4.69, 9.17) is 18.9 Å². The molecule has 2 atom stereocenters. The number of fused-ring (bicyclic) bond motifs is 1. The minimum Gasteiger partial charge on any atom is -0.481 e. The van der Waals surface area contributed by atoms with Crippen molar-refractivity contribution in [2.24, 2.45) is 0 Å². The van der Waals surface area contributed by atoms with Gasteiger partial charge >= 0.3 is 11.9 Å². The van der Waals surface area contributed by atoms with Gasteiger partial charge in [0.15, 0.2) is 21.3 Å². The normalized spacial score (nSPS) is 17.4. The predicted molar refractivity (Wildman–Crippen MR) is 123 cm³/mol. The molecule has 0 bridgehead atoms. The van der Waals surface area contributed by atoms with Crippen LogP contribution < -0.4 is 9.47 Å². The third-order valence-corrected chi connectivity index (χ3v) is 6.49. The molecule has 0 saturated carbocycles. The zero-order valence-corrected chi connectivity index (χ0v) is 20.3. The molecule has 0 aliphatic carbocycles. The van der Waals surface area contributed by atoms with Crippen LogP contribution in [0.3, 0.4) is 0 Å². The van der Waals surface area contributed by atoms with Gasteiger partial charge in [-0.2, -0.15) is 0 Å². The highest BCUT2D eigenvalue weighted by Crippen LogP contribution is 2.48. The van der Waals surface area contributed by atoms with Crippen LogP contribution in [0.25, 0.3) is 0 Å². The maximum Gasteiger partial charge on any atom is 0.352 e. The summed E-state index contributed by atoms with van der Waals surface area (Å²) in [5, 5.41) is 0. The van der Waals surface area contributed by atoms with Crippen LogP contribution in [0.1, 0.15) is 111 Å². The Morgan fingerprint density at radius 1 is 0.710 bits per heavy atom. The Bertz CT molecular complexity index is 642. The van der Waals surface area contributed by atoms with Crippen molar-refractivity contribution in [3.63, 3.8) is 0 Å². The van der Waals surface area contributed by atoms with E-state index >= 15 is 0 Å². The second kappa shape index (κ2) is 13.6. The predicted octanol–water partition coefficient (Wildman–Crippen LogP) is 6.55. The number of rotatable bonds is 14. The van der Waals surface area contributed by atoms with Crippen molar-refractivity contribution >= 4 is 23.3 Å². The average Bonchev–Trinajstić information content (AvgIpc) is 3.13. The topological polar surface area (TPSA) is 71.1 Å². The average molecular weight is 455 g/mol. The number of carbonyl (C=O) groups is 2. The Labute approximate surface area is 190 Å². The quantitative estimate of drug-likeness (QED) is 0.234. The maximum atomic E-state index is 12.5. The summed E-state index contributed by atoms with van der Waals surface area (Å²) in [5.74, 6) is -0.295. The molecular weight excluding hydrogens is 416 g/mol. The highest BCUT2D eigenvalue weighted by atomic mass is 32.1. The first-order valence-corrected chi connectivity index (χ1v) is 12.7. The van der Waals surface area contributed by atoms with Crippen molar-refractivity contribution in [3.8, 4) is 11.5 Å². The summed E-state index contributed by atoms with van der Waals surface area (Å²) < 4.78 is 23.1. The molecule has 31 heavy (non-hydrogen) atoms. The number of hydrogen-bond donors (Lipinski definition) is 0. The third-order valence-electron chi connectivity index (χ3n) is 5.38. The van der Waals surface area contributed by atoms with E-state index in [1.807, 2.05) is 0 Å². The van der Waals surface area contributed by atoms with Crippen LogP contribution in [-0.2, 0) is 9.47 Å². The monoisotopic (exact) mass is 454 g/mol. The lowest BCUT2D eigenvalue weighted by Gasteiger charge is -2.33. The standard InChI is InChI=1S/C24H38O6S/c1-5-9-11-13-15-17-18(16-14-12-10-6-2)30-20-19(29-17)21(23(25)27-7-3)31-22(20)24(26)28-8-4/h17-18H,5-16H2,1-4H3. The summed E-state index contributed by atoms with van der Waals surface area (Å²) in [4.78, 5) is 25.6. The molecule has 1 aromatic rings. The summed E-state index contributed by atoms with van der Waals surface area (Å²) >= 11 is 1.04. The van der Waals surface area contributed by atoms with Crippen LogP contribution in [0.2, 0.25) is 0 Å². The second-order valence-corrected chi connectivity index (χ2v) is 8.89. The van der Waals surface area contributed by atoms with Gasteiger partial charge in [0, 0.05) is 0 Å². The van der Waals surface area contributed by atoms with Crippen molar-refractivity contribution < 1.29 is 28.5 Å². The lowest BCUT2D eigenvalue weighted by molar-refractivity contribution is 0.00650. The molecule has 6 nitrogen and oxygen atoms in total. The van der Waals surface area contributed by atoms with Gasteiger partial charge in [-0.05, 0) is 39.5 Å². The lowest BCUT2D eigenvalue weighted by atomic mass is 9.99. The van der Waals surface area contributed by atoms with Crippen LogP contribution >= 0.6 is 11.3 Å². The van der Waals surface area contributed by atoms with Gasteiger partial charge in [0.25, 0.3) is 0 Å². The van der Waals surface area contributed by atoms with Crippen LogP contribution in [0.5, 0.6) is 11.5 Å². The van der Waals surface area contributed by atoms with Gasteiger partial charge in [-0.1, -0.05) is 52.4 Å². The Hall–Kier alpha value is -1.76. The fourth-order valence-electron chi connectivity index (χ4n) is 3.77. The summed E-state index contributed by atoms with van der Waals surface area (Å²) in [5.41, 5.74) is 0. The number of ether oxygens (including phenoxy) is 4. The molecular formula is C24H38O6S. The number of unbranched alkanes of at least 4 members (excludes halogenated alkanes) is 6. The van der Waals surface area contributed by atoms with Crippen LogP contribution in [0.4, 0.5) is 0 Å². The number of hydrogen-bond acceptors (Lipinski definition) is 7. The molecule has 0 N–H and O–H groups in total. The molecule has 1 aliphatic rings. The first-order valence-electron chi connectivity index (χ1n) is 11.9. The molecule has 176 valence electrons. The molecule has 0 fully saturated rings. The molecule has 0 radical (unpaired) electrons. The van der Waals surface area contributed by atoms with Gasteiger partial charge in [0.1, 0.15) is 12.2 Å². The smallest absolute Gasteiger partial charge is 0.352 e. The molecule has 2 unspecified atom stereocenters. The molecule has 0 aromatic carbocycles. The Balaban J connectivity index is 2.29. The first kappa shape index (κ1) is 25.5. The Kier molecular flexibility index (Phi) is 11.2. The van der Waals surface area contributed by atoms with Gasteiger partial charge < -0.3 is 18.9 Å². The molecule has 2 heterocycles. The van der Waals surface area contributed by atoms with Gasteiger partial charge in [-0.15, -0.1) is 11.3 Å². The number of esters is 2. The lowest BCUT2D eigenvalue weighted by Crippen LogP contribution is -2.40. The zero-order chi connectivity index (χ0) is 22.6. The van der Waals surface area contributed by atoms with Gasteiger partial charge in [-0.3, -0.25) is 0 Å². The summed E-state index contributed by atoms with van der Waals surface area (Å²) in [6, 6.07) is 0. The fraction of sp³-hybridized carbons (Fsp3) is 0.750. The van der Waals surface area contributed by atoms with E-state index in [1.54, 1.807) is 13.8 Å². The Morgan fingerprint density at radius 3 is 1.48 bits per heavy atom. The molecule has 7 heteroatoms. The van der Waals surface area contributed by atoms with E-state index in [2.05, 4.69) is 13.8 Å². The summed E-state index contributed by atoms with van der Waals surface area (Å²) in [7, 11) is 0. The largest absolute Gasteiger partial charge is 0.481 e. The van der Waals surface area contributed by atoms with Gasteiger partial charge in [0.05, 0.1) is 13.2 Å². The van der Waals surface area contributed by atoms with Gasteiger partial charge in [-0.25, -0.2) is 9.59 Å². The fourth-order valence-corrected chi connectivity index (χ4v) is 4.72. The van der Waals surface area contributed by atoms with E-state index in [0.29, 0.717) is 11.5 Å². The Morgan fingerprint density at radius 2 is 1.13 bits per heavy atom. The van der Waals surface area contributed by atoms with Gasteiger partial charge in [0.2, 0.25) is 0 Å². The second-order valence-electron chi connectivity index (χ2n) is 7.87. The maximum absolute atomic E-state index is 12.5. The highest BCUT2D eigenvalue weighted by molar-refractivity contribution is 7.16. The molecule has 0 amide bonds. The molecule has 1 aromatic heterocycles. The molecule has 0 saturated heterocycles. The zero-order valence-electron chi connectivity index (χ0n) is 19.5.